The summed E-state index contributed by atoms with van der Waals surface area (Å²) in [6.07, 6.45) is 0. The zero-order valence-corrected chi connectivity index (χ0v) is 21.5. The topological polar surface area (TPSA) is 79.5 Å². The van der Waals surface area contributed by atoms with Crippen molar-refractivity contribution in [3.8, 4) is 16.9 Å². The van der Waals surface area contributed by atoms with Crippen LogP contribution in [-0.2, 0) is 10.2 Å². The third-order valence-corrected chi connectivity index (χ3v) is 5.77. The average molecular weight is 540 g/mol. The van der Waals surface area contributed by atoms with Crippen molar-refractivity contribution < 1.29 is 14.3 Å². The van der Waals surface area contributed by atoms with Gasteiger partial charge in [-0.3, -0.25) is 25.8 Å². The van der Waals surface area contributed by atoms with Crippen LogP contribution in [0.25, 0.3) is 11.1 Å². The normalized spacial score (nSPS) is 10.8. The van der Waals surface area contributed by atoms with Gasteiger partial charge in [0.15, 0.2) is 11.7 Å². The van der Waals surface area contributed by atoms with Crippen LogP contribution in [0, 0.1) is 0 Å². The van der Waals surface area contributed by atoms with Gasteiger partial charge >= 0.3 is 0 Å². The summed E-state index contributed by atoms with van der Waals surface area (Å²) < 4.78 is 6.35. The summed E-state index contributed by atoms with van der Waals surface area (Å²) in [6.45, 7) is 6.07. The molecular weight excluding hydrogens is 514 g/mol. The number of rotatable bonds is 5. The minimum absolute atomic E-state index is 0.0263. The molecule has 0 aliphatic heterocycles. The standard InChI is InChI=1S/C26H26BrN3O3S/c1-26(2,3)21-14-11-19(15-22(21)27)24(32)28-25(34)30-29-23(31)16-33-20-12-9-18(10-13-20)17-7-5-4-6-8-17/h4-15H,16H2,1-3H3,(H,29,31)(H2,28,30,32,34). The van der Waals surface area contributed by atoms with Gasteiger partial charge in [-0.1, -0.05) is 85.2 Å². The lowest BCUT2D eigenvalue weighted by Crippen LogP contribution is -2.49. The van der Waals surface area contributed by atoms with Gasteiger partial charge in [-0.2, -0.15) is 0 Å². The lowest BCUT2D eigenvalue weighted by Gasteiger charge is -2.21. The predicted octanol–water partition coefficient (Wildman–Crippen LogP) is 5.13. The second-order valence-corrected chi connectivity index (χ2v) is 9.84. The molecule has 3 aromatic rings. The Morgan fingerprint density at radius 1 is 0.912 bits per heavy atom. The third-order valence-electron chi connectivity index (χ3n) is 4.91. The van der Waals surface area contributed by atoms with Crippen molar-refractivity contribution in [2.75, 3.05) is 6.61 Å². The predicted molar refractivity (Wildman–Crippen MR) is 142 cm³/mol. The molecule has 0 aliphatic rings. The van der Waals surface area contributed by atoms with Gasteiger partial charge in [-0.15, -0.1) is 0 Å². The maximum absolute atomic E-state index is 12.5. The van der Waals surface area contributed by atoms with Crippen molar-refractivity contribution >= 4 is 45.1 Å². The minimum Gasteiger partial charge on any atom is -0.484 e. The molecule has 3 N–H and O–H groups in total. The second-order valence-electron chi connectivity index (χ2n) is 8.58. The van der Waals surface area contributed by atoms with E-state index in [9.17, 15) is 9.59 Å². The van der Waals surface area contributed by atoms with Gasteiger partial charge in [0.1, 0.15) is 5.75 Å². The number of hydrogen-bond acceptors (Lipinski definition) is 4. The van der Waals surface area contributed by atoms with Crippen LogP contribution in [0.3, 0.4) is 0 Å². The first-order chi connectivity index (χ1) is 16.1. The Bertz CT molecular complexity index is 1180. The van der Waals surface area contributed by atoms with E-state index < -0.39 is 5.91 Å². The van der Waals surface area contributed by atoms with Crippen molar-refractivity contribution in [1.82, 2.24) is 16.2 Å². The number of carbonyl (C=O) groups is 2. The molecule has 0 unspecified atom stereocenters. The fraction of sp³-hybridized carbons (Fsp3) is 0.192. The molecule has 0 bridgehead atoms. The van der Waals surface area contributed by atoms with Crippen LogP contribution in [0.5, 0.6) is 5.75 Å². The van der Waals surface area contributed by atoms with Crippen LogP contribution in [-0.4, -0.2) is 23.5 Å². The monoisotopic (exact) mass is 539 g/mol. The Kier molecular flexibility index (Phi) is 8.41. The number of benzene rings is 3. The quantitative estimate of drug-likeness (QED) is 0.309. The smallest absolute Gasteiger partial charge is 0.276 e. The SMILES string of the molecule is CC(C)(C)c1ccc(C(=O)NC(=S)NNC(=O)COc2ccc(-c3ccccc3)cc2)cc1Br. The number of carbonyl (C=O) groups excluding carboxylic acids is 2. The van der Waals surface area contributed by atoms with Crippen molar-refractivity contribution in [2.24, 2.45) is 0 Å². The first kappa shape index (κ1) is 25.4. The molecule has 3 aromatic carbocycles. The van der Waals surface area contributed by atoms with E-state index in [1.807, 2.05) is 48.5 Å². The zero-order chi connectivity index (χ0) is 24.7. The third kappa shape index (κ3) is 7.13. The van der Waals surface area contributed by atoms with Crippen LogP contribution in [0.15, 0.2) is 77.3 Å². The van der Waals surface area contributed by atoms with Gasteiger partial charge < -0.3 is 4.74 Å². The molecule has 0 aliphatic carbocycles. The number of halogens is 1. The molecule has 0 aromatic heterocycles. The molecule has 0 heterocycles. The minimum atomic E-state index is -0.444. The molecular formula is C26H26BrN3O3S. The van der Waals surface area contributed by atoms with E-state index in [4.69, 9.17) is 17.0 Å². The fourth-order valence-electron chi connectivity index (χ4n) is 3.16. The summed E-state index contributed by atoms with van der Waals surface area (Å²) in [5, 5.41) is 2.51. The number of amides is 2. The Morgan fingerprint density at radius 3 is 2.18 bits per heavy atom. The Hall–Kier alpha value is -3.23. The van der Waals surface area contributed by atoms with E-state index in [2.05, 4.69) is 52.9 Å². The summed E-state index contributed by atoms with van der Waals surface area (Å²) in [5.41, 5.74) is 8.55. The van der Waals surface area contributed by atoms with Crippen LogP contribution >= 0.6 is 28.1 Å². The van der Waals surface area contributed by atoms with Gasteiger partial charge in [0, 0.05) is 10.0 Å². The maximum Gasteiger partial charge on any atom is 0.276 e. The van der Waals surface area contributed by atoms with Gasteiger partial charge in [0.05, 0.1) is 0 Å². The van der Waals surface area contributed by atoms with E-state index in [1.165, 1.54) is 0 Å². The van der Waals surface area contributed by atoms with Crippen molar-refractivity contribution in [3.63, 3.8) is 0 Å². The lowest BCUT2D eigenvalue weighted by atomic mass is 9.86. The van der Waals surface area contributed by atoms with Gasteiger partial charge in [-0.05, 0) is 58.6 Å². The summed E-state index contributed by atoms with van der Waals surface area (Å²) in [5.74, 6) is -0.265. The molecule has 176 valence electrons. The lowest BCUT2D eigenvalue weighted by molar-refractivity contribution is -0.123. The van der Waals surface area contributed by atoms with E-state index in [0.717, 1.165) is 21.2 Å². The second kappa shape index (κ2) is 11.3. The highest BCUT2D eigenvalue weighted by Gasteiger charge is 2.18. The average Bonchev–Trinajstić information content (AvgIpc) is 2.81. The number of ether oxygens (including phenoxy) is 1. The van der Waals surface area contributed by atoms with Gasteiger partial charge in [-0.25, -0.2) is 0 Å². The number of thiocarbonyl (C=S) groups is 1. The first-order valence-corrected chi connectivity index (χ1v) is 11.8. The van der Waals surface area contributed by atoms with Gasteiger partial charge in [0.25, 0.3) is 11.8 Å². The molecule has 0 radical (unpaired) electrons. The van der Waals surface area contributed by atoms with Crippen LogP contribution < -0.4 is 20.9 Å². The highest BCUT2D eigenvalue weighted by Crippen LogP contribution is 2.30. The largest absolute Gasteiger partial charge is 0.484 e. The number of hydrazine groups is 1. The molecule has 3 rings (SSSR count). The van der Waals surface area contributed by atoms with E-state index in [0.29, 0.717) is 11.3 Å². The molecule has 0 atom stereocenters. The molecule has 0 saturated heterocycles. The molecule has 6 nitrogen and oxygen atoms in total. The van der Waals surface area contributed by atoms with Crippen molar-refractivity contribution in [3.05, 3.63) is 88.4 Å². The van der Waals surface area contributed by atoms with E-state index in [-0.39, 0.29) is 23.0 Å². The Labute approximate surface area is 213 Å². The maximum atomic E-state index is 12.5. The molecule has 0 spiro atoms. The molecule has 2 amide bonds. The molecule has 0 saturated carbocycles. The Morgan fingerprint density at radius 2 is 1.56 bits per heavy atom. The van der Waals surface area contributed by atoms with Crippen LogP contribution in [0.1, 0.15) is 36.7 Å². The zero-order valence-electron chi connectivity index (χ0n) is 19.1. The highest BCUT2D eigenvalue weighted by molar-refractivity contribution is 9.10. The van der Waals surface area contributed by atoms with E-state index >= 15 is 0 Å². The Balaban J connectivity index is 1.44. The molecule has 8 heteroatoms. The van der Waals surface area contributed by atoms with Crippen LogP contribution in [0.2, 0.25) is 0 Å². The fourth-order valence-corrected chi connectivity index (χ4v) is 4.27. The van der Waals surface area contributed by atoms with Crippen molar-refractivity contribution in [2.45, 2.75) is 26.2 Å². The summed E-state index contributed by atoms with van der Waals surface area (Å²) in [6, 6.07) is 22.8. The number of nitrogens with one attached hydrogen (secondary N) is 3. The summed E-state index contributed by atoms with van der Waals surface area (Å²) >= 11 is 8.61. The van der Waals surface area contributed by atoms with E-state index in [1.54, 1.807) is 24.3 Å². The highest BCUT2D eigenvalue weighted by atomic mass is 79.9. The van der Waals surface area contributed by atoms with Gasteiger partial charge in [0.2, 0.25) is 0 Å². The van der Waals surface area contributed by atoms with Crippen molar-refractivity contribution in [1.29, 1.82) is 0 Å². The molecule has 0 fully saturated rings. The molecule has 34 heavy (non-hydrogen) atoms. The van der Waals surface area contributed by atoms with Crippen LogP contribution in [0.4, 0.5) is 0 Å². The number of hydrogen-bond donors (Lipinski definition) is 3. The summed E-state index contributed by atoms with van der Waals surface area (Å²) in [7, 11) is 0. The summed E-state index contributed by atoms with van der Waals surface area (Å²) in [4.78, 5) is 24.5. The first-order valence-electron chi connectivity index (χ1n) is 10.6.